The van der Waals surface area contributed by atoms with Gasteiger partial charge in [-0.3, -0.25) is 4.90 Å². The zero-order chi connectivity index (χ0) is 14.4. The molecule has 0 saturated heterocycles. The Kier molecular flexibility index (Phi) is 7.08. The average Bonchev–Trinajstić information content (AvgIpc) is 2.28. The number of rotatable bonds is 7. The largest absolute Gasteiger partial charge is 0.308 e. The molecule has 19 heavy (non-hydrogen) atoms. The van der Waals surface area contributed by atoms with Gasteiger partial charge in [0, 0.05) is 43.0 Å². The molecule has 0 bridgehead atoms. The Hall–Kier alpha value is -0.350. The van der Waals surface area contributed by atoms with Crippen LogP contribution in [-0.2, 0) is 6.54 Å². The molecular weight excluding hydrogens is 281 g/mol. The molecule has 0 N–H and O–H groups in total. The zero-order valence-corrected chi connectivity index (χ0v) is 13.7. The molecule has 0 saturated carbocycles. The lowest BCUT2D eigenvalue weighted by atomic mass is 10.2. The first kappa shape index (κ1) is 16.7. The number of hydrogen-bond donors (Lipinski definition) is 0. The number of aromatic nitrogens is 1. The highest BCUT2D eigenvalue weighted by Gasteiger charge is 2.11. The van der Waals surface area contributed by atoms with E-state index in [9.17, 15) is 0 Å². The fourth-order valence-electron chi connectivity index (χ4n) is 1.89. The molecule has 1 aromatic rings. The number of pyridine rings is 1. The van der Waals surface area contributed by atoms with E-state index in [1.807, 2.05) is 0 Å². The Balaban J connectivity index is 2.69. The van der Waals surface area contributed by atoms with E-state index in [1.165, 1.54) is 0 Å². The lowest BCUT2D eigenvalue weighted by molar-refractivity contribution is 0.211. The van der Waals surface area contributed by atoms with Crippen molar-refractivity contribution in [3.05, 3.63) is 28.0 Å². The minimum atomic E-state index is 0.442. The maximum Gasteiger partial charge on any atom is 0.130 e. The molecule has 0 aliphatic carbocycles. The molecular formula is C14H23Cl2N3. The van der Waals surface area contributed by atoms with Gasteiger partial charge in [0.25, 0.3) is 0 Å². The summed E-state index contributed by atoms with van der Waals surface area (Å²) in [5.41, 5.74) is 1.03. The van der Waals surface area contributed by atoms with E-state index in [-0.39, 0.29) is 0 Å². The summed E-state index contributed by atoms with van der Waals surface area (Å²) in [7, 11) is 4.18. The van der Waals surface area contributed by atoms with Crippen molar-refractivity contribution in [3.63, 3.8) is 0 Å². The van der Waals surface area contributed by atoms with Gasteiger partial charge in [0.2, 0.25) is 0 Å². The van der Waals surface area contributed by atoms with Crippen LogP contribution in [0.4, 0.5) is 0 Å². The molecule has 0 radical (unpaired) electrons. The van der Waals surface area contributed by atoms with Gasteiger partial charge in [0.15, 0.2) is 0 Å². The first-order valence-electron chi connectivity index (χ1n) is 6.55. The van der Waals surface area contributed by atoms with E-state index in [1.54, 1.807) is 12.3 Å². The second-order valence-electron chi connectivity index (χ2n) is 5.53. The van der Waals surface area contributed by atoms with Crippen molar-refractivity contribution in [3.8, 4) is 0 Å². The van der Waals surface area contributed by atoms with Gasteiger partial charge in [-0.15, -0.1) is 0 Å². The minimum Gasteiger partial charge on any atom is -0.308 e. The van der Waals surface area contributed by atoms with Crippen LogP contribution in [-0.4, -0.2) is 48.5 Å². The maximum absolute atomic E-state index is 6.21. The molecule has 0 aliphatic rings. The van der Waals surface area contributed by atoms with Crippen LogP contribution in [0.1, 0.15) is 19.4 Å². The second-order valence-corrected chi connectivity index (χ2v) is 6.33. The van der Waals surface area contributed by atoms with Crippen molar-refractivity contribution < 1.29 is 0 Å². The van der Waals surface area contributed by atoms with Crippen LogP contribution >= 0.6 is 23.2 Å². The molecule has 0 spiro atoms. The monoisotopic (exact) mass is 303 g/mol. The van der Waals surface area contributed by atoms with E-state index in [0.29, 0.717) is 16.1 Å². The quantitative estimate of drug-likeness (QED) is 0.720. The Morgan fingerprint density at radius 1 is 1.21 bits per heavy atom. The van der Waals surface area contributed by atoms with Gasteiger partial charge in [-0.05, 0) is 26.1 Å². The first-order chi connectivity index (χ1) is 8.88. The minimum absolute atomic E-state index is 0.442. The van der Waals surface area contributed by atoms with Crippen LogP contribution in [0.15, 0.2) is 12.3 Å². The molecule has 1 heterocycles. The second kappa shape index (κ2) is 8.05. The summed E-state index contributed by atoms with van der Waals surface area (Å²) in [6.07, 6.45) is 1.77. The predicted molar refractivity (Wildman–Crippen MR) is 82.9 cm³/mol. The highest BCUT2D eigenvalue weighted by atomic mass is 35.5. The Morgan fingerprint density at radius 2 is 1.89 bits per heavy atom. The standard InChI is InChI=1S/C14H23Cl2N3/c1-11(2)9-19(6-5-18(3)4)10-12-8-17-14(16)7-13(12)15/h7-8,11H,5-6,9-10H2,1-4H3. The molecule has 0 unspecified atom stereocenters. The van der Waals surface area contributed by atoms with Crippen LogP contribution in [0.2, 0.25) is 10.2 Å². The molecule has 1 rings (SSSR count). The topological polar surface area (TPSA) is 19.4 Å². The third kappa shape index (κ3) is 6.57. The van der Waals surface area contributed by atoms with Crippen LogP contribution in [0.5, 0.6) is 0 Å². The lowest BCUT2D eigenvalue weighted by Gasteiger charge is -2.26. The molecule has 5 heteroatoms. The average molecular weight is 304 g/mol. The highest BCUT2D eigenvalue weighted by Crippen LogP contribution is 2.20. The van der Waals surface area contributed by atoms with Gasteiger partial charge in [-0.1, -0.05) is 37.0 Å². The molecule has 0 aliphatic heterocycles. The van der Waals surface area contributed by atoms with E-state index in [0.717, 1.165) is 31.7 Å². The Morgan fingerprint density at radius 3 is 2.42 bits per heavy atom. The summed E-state index contributed by atoms with van der Waals surface area (Å²) >= 11 is 12.0. The fourth-order valence-corrected chi connectivity index (χ4v) is 2.31. The van der Waals surface area contributed by atoms with E-state index in [2.05, 4.69) is 42.7 Å². The smallest absolute Gasteiger partial charge is 0.130 e. The summed E-state index contributed by atoms with van der Waals surface area (Å²) in [4.78, 5) is 8.71. The molecule has 1 aromatic heterocycles. The third-order valence-corrected chi connectivity index (χ3v) is 3.34. The van der Waals surface area contributed by atoms with E-state index < -0.39 is 0 Å². The van der Waals surface area contributed by atoms with Gasteiger partial charge in [0.05, 0.1) is 0 Å². The molecule has 0 aromatic carbocycles. The van der Waals surface area contributed by atoms with Gasteiger partial charge in [-0.2, -0.15) is 0 Å². The molecule has 0 fully saturated rings. The Labute approximate surface area is 126 Å². The SMILES string of the molecule is CC(C)CN(CCN(C)C)Cc1cnc(Cl)cc1Cl. The van der Waals surface area contributed by atoms with Crippen molar-refractivity contribution in [1.82, 2.24) is 14.8 Å². The molecule has 0 amide bonds. The highest BCUT2D eigenvalue weighted by molar-refractivity contribution is 6.34. The maximum atomic E-state index is 6.21. The predicted octanol–water partition coefficient (Wildman–Crippen LogP) is 3.41. The molecule has 0 atom stereocenters. The van der Waals surface area contributed by atoms with Gasteiger partial charge in [-0.25, -0.2) is 4.98 Å². The van der Waals surface area contributed by atoms with Gasteiger partial charge in [0.1, 0.15) is 5.15 Å². The summed E-state index contributed by atoms with van der Waals surface area (Å²) in [5, 5.41) is 1.14. The summed E-state index contributed by atoms with van der Waals surface area (Å²) in [6.45, 7) is 8.37. The number of likely N-dealkylation sites (N-methyl/N-ethyl adjacent to an activating group) is 1. The number of nitrogens with zero attached hydrogens (tertiary/aromatic N) is 3. The lowest BCUT2D eigenvalue weighted by Crippen LogP contribution is -2.34. The van der Waals surface area contributed by atoms with Crippen LogP contribution in [0.25, 0.3) is 0 Å². The van der Waals surface area contributed by atoms with Gasteiger partial charge >= 0.3 is 0 Å². The number of halogens is 2. The van der Waals surface area contributed by atoms with Crippen molar-refractivity contribution in [2.24, 2.45) is 5.92 Å². The summed E-state index contributed by atoms with van der Waals surface area (Å²) in [5.74, 6) is 0.626. The van der Waals surface area contributed by atoms with Crippen molar-refractivity contribution in [2.75, 3.05) is 33.7 Å². The third-order valence-electron chi connectivity index (χ3n) is 2.78. The van der Waals surface area contributed by atoms with Crippen molar-refractivity contribution >= 4 is 23.2 Å². The van der Waals surface area contributed by atoms with E-state index >= 15 is 0 Å². The van der Waals surface area contributed by atoms with Crippen molar-refractivity contribution in [2.45, 2.75) is 20.4 Å². The van der Waals surface area contributed by atoms with Crippen molar-refractivity contribution in [1.29, 1.82) is 0 Å². The van der Waals surface area contributed by atoms with Crippen LogP contribution in [0, 0.1) is 5.92 Å². The van der Waals surface area contributed by atoms with Crippen LogP contribution < -0.4 is 0 Å². The first-order valence-corrected chi connectivity index (χ1v) is 7.31. The molecule has 3 nitrogen and oxygen atoms in total. The summed E-state index contributed by atoms with van der Waals surface area (Å²) in [6, 6.07) is 1.71. The zero-order valence-electron chi connectivity index (χ0n) is 12.2. The fraction of sp³-hybridized carbons (Fsp3) is 0.643. The molecule has 108 valence electrons. The normalized spacial score (nSPS) is 11.8. The van der Waals surface area contributed by atoms with Crippen LogP contribution in [0.3, 0.4) is 0 Å². The van der Waals surface area contributed by atoms with E-state index in [4.69, 9.17) is 23.2 Å². The Bertz CT molecular complexity index is 394. The number of hydrogen-bond acceptors (Lipinski definition) is 3. The van der Waals surface area contributed by atoms with Gasteiger partial charge < -0.3 is 4.90 Å². The summed E-state index contributed by atoms with van der Waals surface area (Å²) < 4.78 is 0.